The van der Waals surface area contributed by atoms with Crippen LogP contribution in [0.4, 0.5) is 0 Å². The van der Waals surface area contributed by atoms with E-state index in [2.05, 4.69) is 36.2 Å². The van der Waals surface area contributed by atoms with Crippen LogP contribution in [-0.4, -0.2) is 31.6 Å². The lowest BCUT2D eigenvalue weighted by atomic mass is 10.1. The topological polar surface area (TPSA) is 38.5 Å². The van der Waals surface area contributed by atoms with Crippen LogP contribution in [-0.2, 0) is 17.9 Å². The number of hydrogen-bond donors (Lipinski definition) is 1. The number of nitrogens with zero attached hydrogens (tertiary/aromatic N) is 1. The van der Waals surface area contributed by atoms with Crippen molar-refractivity contribution in [2.75, 3.05) is 20.7 Å². The smallest absolute Gasteiger partial charge is 0.0716 e. The molecule has 1 aliphatic rings. The molecular weight excluding hydrogens is 224 g/mol. The fraction of sp³-hybridized carbons (Fsp3) is 0.600. The molecule has 0 aromatic heterocycles. The van der Waals surface area contributed by atoms with Gasteiger partial charge in [0.15, 0.2) is 0 Å². The predicted octanol–water partition coefficient (Wildman–Crippen LogP) is 2.00. The monoisotopic (exact) mass is 248 g/mol. The van der Waals surface area contributed by atoms with Gasteiger partial charge in [-0.2, -0.15) is 0 Å². The third-order valence-electron chi connectivity index (χ3n) is 3.81. The summed E-state index contributed by atoms with van der Waals surface area (Å²) in [5.74, 6) is 0.814. The van der Waals surface area contributed by atoms with Crippen LogP contribution in [0.2, 0.25) is 0 Å². The molecule has 1 aromatic rings. The molecule has 0 bridgehead atoms. The molecular formula is C15H24N2O. The lowest BCUT2D eigenvalue weighted by molar-refractivity contribution is 0.179. The SMILES string of the molecule is COCc1ccccc1CN(C)C(CN)C1CC1. The molecule has 1 unspecified atom stereocenters. The molecule has 0 aliphatic heterocycles. The van der Waals surface area contributed by atoms with Gasteiger partial charge in [-0.05, 0) is 36.9 Å². The average molecular weight is 248 g/mol. The third kappa shape index (κ3) is 3.31. The van der Waals surface area contributed by atoms with E-state index < -0.39 is 0 Å². The molecule has 0 amide bonds. The normalized spacial score (nSPS) is 17.1. The standard InChI is InChI=1S/C15H24N2O/c1-17(15(9-16)12-7-8-12)10-13-5-3-4-6-14(13)11-18-2/h3-6,12,15H,7-11,16H2,1-2H3. The third-order valence-corrected chi connectivity index (χ3v) is 3.81. The molecule has 100 valence electrons. The van der Waals surface area contributed by atoms with Crippen molar-refractivity contribution in [1.82, 2.24) is 4.90 Å². The van der Waals surface area contributed by atoms with Crippen LogP contribution < -0.4 is 5.73 Å². The Morgan fingerprint density at radius 1 is 1.33 bits per heavy atom. The number of methoxy groups -OCH3 is 1. The molecule has 1 fully saturated rings. The van der Waals surface area contributed by atoms with E-state index in [1.165, 1.54) is 24.0 Å². The quantitative estimate of drug-likeness (QED) is 0.802. The van der Waals surface area contributed by atoms with Crippen molar-refractivity contribution in [3.05, 3.63) is 35.4 Å². The Morgan fingerprint density at radius 3 is 2.56 bits per heavy atom. The van der Waals surface area contributed by atoms with Gasteiger partial charge in [0.25, 0.3) is 0 Å². The molecule has 2 rings (SSSR count). The largest absolute Gasteiger partial charge is 0.380 e. The van der Waals surface area contributed by atoms with Gasteiger partial charge >= 0.3 is 0 Å². The molecule has 0 radical (unpaired) electrons. The molecule has 0 spiro atoms. The van der Waals surface area contributed by atoms with Crippen molar-refractivity contribution in [3.8, 4) is 0 Å². The fourth-order valence-electron chi connectivity index (χ4n) is 2.61. The molecule has 2 N–H and O–H groups in total. The van der Waals surface area contributed by atoms with E-state index in [1.54, 1.807) is 7.11 Å². The Balaban J connectivity index is 2.03. The second-order valence-corrected chi connectivity index (χ2v) is 5.26. The summed E-state index contributed by atoms with van der Waals surface area (Å²) < 4.78 is 5.25. The van der Waals surface area contributed by atoms with Gasteiger partial charge in [0, 0.05) is 26.2 Å². The van der Waals surface area contributed by atoms with E-state index in [1.807, 2.05) is 0 Å². The van der Waals surface area contributed by atoms with Gasteiger partial charge in [0.1, 0.15) is 0 Å². The molecule has 18 heavy (non-hydrogen) atoms. The first-order chi connectivity index (χ1) is 8.76. The molecule has 0 heterocycles. The van der Waals surface area contributed by atoms with Gasteiger partial charge in [-0.25, -0.2) is 0 Å². The van der Waals surface area contributed by atoms with Crippen LogP contribution in [0.15, 0.2) is 24.3 Å². The van der Waals surface area contributed by atoms with Crippen molar-refractivity contribution >= 4 is 0 Å². The Morgan fingerprint density at radius 2 is 2.00 bits per heavy atom. The van der Waals surface area contributed by atoms with Gasteiger partial charge in [-0.1, -0.05) is 24.3 Å². The Labute approximate surface area is 110 Å². The summed E-state index contributed by atoms with van der Waals surface area (Å²) in [6.45, 7) is 2.40. The summed E-state index contributed by atoms with van der Waals surface area (Å²) in [7, 11) is 3.92. The Hall–Kier alpha value is -0.900. The number of nitrogens with two attached hydrogens (primary N) is 1. The molecule has 1 aliphatic carbocycles. The fourth-order valence-corrected chi connectivity index (χ4v) is 2.61. The molecule has 3 heteroatoms. The van der Waals surface area contributed by atoms with Crippen LogP contribution in [0.5, 0.6) is 0 Å². The van der Waals surface area contributed by atoms with Gasteiger partial charge in [-0.3, -0.25) is 4.90 Å². The van der Waals surface area contributed by atoms with Crippen LogP contribution >= 0.6 is 0 Å². The first-order valence-electron chi connectivity index (χ1n) is 6.72. The maximum atomic E-state index is 5.90. The van der Waals surface area contributed by atoms with Crippen LogP contribution in [0, 0.1) is 5.92 Å². The van der Waals surface area contributed by atoms with E-state index in [0.717, 1.165) is 19.0 Å². The predicted molar refractivity (Wildman–Crippen MR) is 74.2 cm³/mol. The summed E-state index contributed by atoms with van der Waals surface area (Å²) in [5, 5.41) is 0. The van der Waals surface area contributed by atoms with Crippen LogP contribution in [0.25, 0.3) is 0 Å². The highest BCUT2D eigenvalue weighted by Gasteiger charge is 2.32. The highest BCUT2D eigenvalue weighted by Crippen LogP contribution is 2.35. The zero-order valence-electron chi connectivity index (χ0n) is 11.4. The Bertz CT molecular complexity index is 377. The minimum atomic E-state index is 0.528. The zero-order chi connectivity index (χ0) is 13.0. The van der Waals surface area contributed by atoms with Crippen LogP contribution in [0.3, 0.4) is 0 Å². The van der Waals surface area contributed by atoms with Gasteiger partial charge in [0.05, 0.1) is 6.61 Å². The van der Waals surface area contributed by atoms with Crippen molar-refractivity contribution < 1.29 is 4.74 Å². The second kappa shape index (κ2) is 6.32. The molecule has 1 aromatic carbocycles. The minimum absolute atomic E-state index is 0.528. The number of rotatable bonds is 7. The maximum Gasteiger partial charge on any atom is 0.0716 e. The summed E-state index contributed by atoms with van der Waals surface area (Å²) in [4.78, 5) is 2.40. The Kier molecular flexibility index (Phi) is 4.75. The van der Waals surface area contributed by atoms with Crippen molar-refractivity contribution in [2.45, 2.75) is 32.0 Å². The highest BCUT2D eigenvalue weighted by molar-refractivity contribution is 5.26. The minimum Gasteiger partial charge on any atom is -0.380 e. The van der Waals surface area contributed by atoms with E-state index in [4.69, 9.17) is 10.5 Å². The molecule has 0 saturated heterocycles. The van der Waals surface area contributed by atoms with Crippen molar-refractivity contribution in [3.63, 3.8) is 0 Å². The number of hydrogen-bond acceptors (Lipinski definition) is 3. The number of ether oxygens (including phenoxy) is 1. The molecule has 3 nitrogen and oxygen atoms in total. The summed E-state index contributed by atoms with van der Waals surface area (Å²) >= 11 is 0. The van der Waals surface area contributed by atoms with Gasteiger partial charge < -0.3 is 10.5 Å². The van der Waals surface area contributed by atoms with Gasteiger partial charge in [0.2, 0.25) is 0 Å². The lowest BCUT2D eigenvalue weighted by Gasteiger charge is -2.27. The molecule has 1 atom stereocenters. The first kappa shape index (κ1) is 13.5. The number of benzene rings is 1. The number of likely N-dealkylation sites (N-methyl/N-ethyl adjacent to an activating group) is 1. The van der Waals surface area contributed by atoms with E-state index in [0.29, 0.717) is 12.6 Å². The van der Waals surface area contributed by atoms with Crippen molar-refractivity contribution in [2.24, 2.45) is 11.7 Å². The molecule has 1 saturated carbocycles. The van der Waals surface area contributed by atoms with E-state index >= 15 is 0 Å². The van der Waals surface area contributed by atoms with E-state index in [9.17, 15) is 0 Å². The summed E-state index contributed by atoms with van der Waals surface area (Å²) in [5.41, 5.74) is 8.52. The van der Waals surface area contributed by atoms with E-state index in [-0.39, 0.29) is 0 Å². The average Bonchev–Trinajstić information content (AvgIpc) is 3.17. The zero-order valence-corrected chi connectivity index (χ0v) is 11.4. The lowest BCUT2D eigenvalue weighted by Crippen LogP contribution is -2.39. The van der Waals surface area contributed by atoms with Crippen molar-refractivity contribution in [1.29, 1.82) is 0 Å². The summed E-state index contributed by atoms with van der Waals surface area (Å²) in [6.07, 6.45) is 2.68. The van der Waals surface area contributed by atoms with Gasteiger partial charge in [-0.15, -0.1) is 0 Å². The first-order valence-corrected chi connectivity index (χ1v) is 6.72. The van der Waals surface area contributed by atoms with Crippen LogP contribution in [0.1, 0.15) is 24.0 Å². The highest BCUT2D eigenvalue weighted by atomic mass is 16.5. The second-order valence-electron chi connectivity index (χ2n) is 5.26. The summed E-state index contributed by atoms with van der Waals surface area (Å²) in [6, 6.07) is 9.02. The maximum absolute atomic E-state index is 5.90.